The number of imidazole rings is 1. The summed E-state index contributed by atoms with van der Waals surface area (Å²) >= 11 is 0. The predicted octanol–water partition coefficient (Wildman–Crippen LogP) is 3.43. The minimum absolute atomic E-state index is 0.268. The zero-order valence-electron chi connectivity index (χ0n) is 20.8. The van der Waals surface area contributed by atoms with Crippen LogP contribution in [-0.2, 0) is 9.53 Å². The standard InChI is InChI=1S/C27H30N8O2/c1-3-24(36)30-22-6-4-5-20(17-22)25-26-32-27(29-19-35(26)18-28-25)31-21-7-9-23(10-8-21)34-13-11-33(12-14-34)15-16-37-2/h3-10,17-19H,1,11-16H2,2H3,(H,30,36)(H,31,32). The normalized spacial score (nSPS) is 14.0. The Kier molecular flexibility index (Phi) is 7.38. The molecule has 0 bridgehead atoms. The van der Waals surface area contributed by atoms with E-state index in [4.69, 9.17) is 9.72 Å². The molecule has 1 fully saturated rings. The summed E-state index contributed by atoms with van der Waals surface area (Å²) in [6.45, 7) is 9.32. The fourth-order valence-electron chi connectivity index (χ4n) is 4.33. The second-order valence-corrected chi connectivity index (χ2v) is 8.77. The van der Waals surface area contributed by atoms with E-state index >= 15 is 0 Å². The molecule has 37 heavy (non-hydrogen) atoms. The number of carbonyl (C=O) groups is 1. The van der Waals surface area contributed by atoms with Crippen molar-refractivity contribution in [3.8, 4) is 11.3 Å². The van der Waals surface area contributed by atoms with E-state index in [0.29, 0.717) is 23.0 Å². The number of methoxy groups -OCH3 is 1. The summed E-state index contributed by atoms with van der Waals surface area (Å²) in [5.41, 5.74) is 4.96. The lowest BCUT2D eigenvalue weighted by Crippen LogP contribution is -2.47. The number of nitrogens with zero attached hydrogens (tertiary/aromatic N) is 6. The van der Waals surface area contributed by atoms with Crippen LogP contribution >= 0.6 is 0 Å². The minimum atomic E-state index is -0.268. The van der Waals surface area contributed by atoms with Crippen molar-refractivity contribution in [1.82, 2.24) is 24.3 Å². The summed E-state index contributed by atoms with van der Waals surface area (Å²) in [5.74, 6) is 0.209. The number of nitrogens with one attached hydrogen (secondary N) is 2. The Hall–Kier alpha value is -4.28. The molecule has 1 aliphatic heterocycles. The van der Waals surface area contributed by atoms with E-state index in [2.05, 4.69) is 49.1 Å². The van der Waals surface area contributed by atoms with Crippen molar-refractivity contribution in [3.63, 3.8) is 0 Å². The number of piperazine rings is 1. The Labute approximate surface area is 215 Å². The van der Waals surface area contributed by atoms with E-state index in [1.54, 1.807) is 24.2 Å². The lowest BCUT2D eigenvalue weighted by Gasteiger charge is -2.36. The SMILES string of the molecule is C=CC(=O)Nc1cccc(-c2ncn3cnc(Nc4ccc(N5CCN(CCOC)CC5)cc4)nc23)c1. The maximum Gasteiger partial charge on any atom is 0.247 e. The molecule has 0 saturated carbocycles. The highest BCUT2D eigenvalue weighted by atomic mass is 16.5. The fraction of sp³-hybridized carbons (Fsp3) is 0.259. The summed E-state index contributed by atoms with van der Waals surface area (Å²) in [6.07, 6.45) is 4.59. The molecule has 3 heterocycles. The van der Waals surface area contributed by atoms with Gasteiger partial charge in [0.1, 0.15) is 18.3 Å². The second kappa shape index (κ2) is 11.2. The van der Waals surface area contributed by atoms with Crippen molar-refractivity contribution < 1.29 is 9.53 Å². The average molecular weight is 499 g/mol. The predicted molar refractivity (Wildman–Crippen MR) is 145 cm³/mol. The van der Waals surface area contributed by atoms with Gasteiger partial charge >= 0.3 is 0 Å². The molecule has 1 aliphatic rings. The Bertz CT molecular complexity index is 1380. The zero-order valence-corrected chi connectivity index (χ0v) is 20.8. The maximum absolute atomic E-state index is 11.7. The van der Waals surface area contributed by atoms with Gasteiger partial charge < -0.3 is 20.3 Å². The lowest BCUT2D eigenvalue weighted by molar-refractivity contribution is -0.111. The summed E-state index contributed by atoms with van der Waals surface area (Å²) < 4.78 is 6.96. The first-order valence-electron chi connectivity index (χ1n) is 12.2. The minimum Gasteiger partial charge on any atom is -0.383 e. The fourth-order valence-corrected chi connectivity index (χ4v) is 4.33. The maximum atomic E-state index is 11.7. The zero-order chi connectivity index (χ0) is 25.6. The number of ether oxygens (including phenoxy) is 1. The third-order valence-electron chi connectivity index (χ3n) is 6.35. The number of benzene rings is 2. The Balaban J connectivity index is 1.28. The van der Waals surface area contributed by atoms with E-state index in [-0.39, 0.29) is 5.91 Å². The highest BCUT2D eigenvalue weighted by molar-refractivity contribution is 5.99. The molecule has 10 nitrogen and oxygen atoms in total. The van der Waals surface area contributed by atoms with Crippen LogP contribution in [0.1, 0.15) is 0 Å². The van der Waals surface area contributed by atoms with Crippen LogP contribution < -0.4 is 15.5 Å². The molecule has 2 aromatic heterocycles. The summed E-state index contributed by atoms with van der Waals surface area (Å²) in [6, 6.07) is 15.8. The van der Waals surface area contributed by atoms with Gasteiger partial charge in [0, 0.05) is 62.5 Å². The Morgan fingerprint density at radius 1 is 1.05 bits per heavy atom. The van der Waals surface area contributed by atoms with Crippen molar-refractivity contribution in [1.29, 1.82) is 0 Å². The third kappa shape index (κ3) is 5.76. The van der Waals surface area contributed by atoms with Crippen molar-refractivity contribution >= 4 is 34.6 Å². The van der Waals surface area contributed by atoms with Gasteiger partial charge in [0.2, 0.25) is 11.9 Å². The monoisotopic (exact) mass is 498 g/mol. The molecule has 4 aromatic rings. The van der Waals surface area contributed by atoms with Crippen molar-refractivity contribution in [2.24, 2.45) is 0 Å². The number of rotatable bonds is 9. The van der Waals surface area contributed by atoms with Gasteiger partial charge in [-0.2, -0.15) is 4.98 Å². The molecule has 1 saturated heterocycles. The molecule has 0 atom stereocenters. The summed E-state index contributed by atoms with van der Waals surface area (Å²) in [7, 11) is 1.75. The van der Waals surface area contributed by atoms with Crippen LogP contribution in [0.15, 0.2) is 73.8 Å². The first-order valence-corrected chi connectivity index (χ1v) is 12.2. The van der Waals surface area contributed by atoms with Crippen LogP contribution in [0, 0.1) is 0 Å². The molecular formula is C27H30N8O2. The van der Waals surface area contributed by atoms with E-state index in [1.165, 1.54) is 11.8 Å². The summed E-state index contributed by atoms with van der Waals surface area (Å²) in [4.78, 5) is 30.2. The largest absolute Gasteiger partial charge is 0.383 e. The van der Waals surface area contributed by atoms with E-state index < -0.39 is 0 Å². The molecular weight excluding hydrogens is 468 g/mol. The molecule has 0 radical (unpaired) electrons. The number of carbonyl (C=O) groups excluding carboxylic acids is 1. The molecule has 2 aromatic carbocycles. The number of hydrogen-bond donors (Lipinski definition) is 2. The average Bonchev–Trinajstić information content (AvgIpc) is 3.36. The molecule has 0 unspecified atom stereocenters. The number of hydrogen-bond acceptors (Lipinski definition) is 8. The number of amides is 1. The van der Waals surface area contributed by atoms with Crippen LogP contribution in [-0.4, -0.2) is 76.6 Å². The van der Waals surface area contributed by atoms with Gasteiger partial charge in [-0.05, 0) is 42.5 Å². The van der Waals surface area contributed by atoms with Crippen LogP contribution in [0.5, 0.6) is 0 Å². The van der Waals surface area contributed by atoms with Crippen molar-refractivity contribution in [2.45, 2.75) is 0 Å². The summed E-state index contributed by atoms with van der Waals surface area (Å²) in [5, 5.41) is 6.07. The number of aromatic nitrogens is 4. The highest BCUT2D eigenvalue weighted by Gasteiger charge is 2.17. The van der Waals surface area contributed by atoms with Gasteiger partial charge in [0.05, 0.1) is 6.61 Å². The molecule has 190 valence electrons. The molecule has 2 N–H and O–H groups in total. The van der Waals surface area contributed by atoms with Gasteiger partial charge in [-0.25, -0.2) is 9.97 Å². The molecule has 10 heteroatoms. The molecule has 0 spiro atoms. The van der Waals surface area contributed by atoms with E-state index in [1.807, 2.05) is 36.4 Å². The highest BCUT2D eigenvalue weighted by Crippen LogP contribution is 2.26. The first-order chi connectivity index (χ1) is 18.1. The van der Waals surface area contributed by atoms with Gasteiger partial charge in [0.25, 0.3) is 0 Å². The topological polar surface area (TPSA) is 99.9 Å². The number of fused-ring (bicyclic) bond motifs is 1. The molecule has 0 aliphatic carbocycles. The van der Waals surface area contributed by atoms with Gasteiger partial charge in [0.15, 0.2) is 5.65 Å². The van der Waals surface area contributed by atoms with Crippen LogP contribution in [0.4, 0.5) is 23.0 Å². The lowest BCUT2D eigenvalue weighted by atomic mass is 10.1. The van der Waals surface area contributed by atoms with Crippen molar-refractivity contribution in [3.05, 3.63) is 73.8 Å². The van der Waals surface area contributed by atoms with Crippen LogP contribution in [0.2, 0.25) is 0 Å². The molecule has 5 rings (SSSR count). The third-order valence-corrected chi connectivity index (χ3v) is 6.35. The Morgan fingerprint density at radius 3 is 2.59 bits per heavy atom. The quantitative estimate of drug-likeness (QED) is 0.339. The smallest absolute Gasteiger partial charge is 0.247 e. The molecule has 1 amide bonds. The van der Waals surface area contributed by atoms with Crippen LogP contribution in [0.3, 0.4) is 0 Å². The Morgan fingerprint density at radius 2 is 1.84 bits per heavy atom. The van der Waals surface area contributed by atoms with E-state index in [0.717, 1.165) is 50.6 Å². The van der Waals surface area contributed by atoms with Gasteiger partial charge in [-0.15, -0.1) is 0 Å². The first kappa shape index (κ1) is 24.4. The van der Waals surface area contributed by atoms with E-state index in [9.17, 15) is 4.79 Å². The van der Waals surface area contributed by atoms with Gasteiger partial charge in [-0.3, -0.25) is 14.1 Å². The number of anilines is 4. The van der Waals surface area contributed by atoms with Crippen molar-refractivity contribution in [2.75, 3.05) is 62.0 Å². The van der Waals surface area contributed by atoms with Crippen LogP contribution in [0.25, 0.3) is 16.9 Å². The van der Waals surface area contributed by atoms with Gasteiger partial charge in [-0.1, -0.05) is 18.7 Å². The second-order valence-electron chi connectivity index (χ2n) is 8.77.